The van der Waals surface area contributed by atoms with Crippen molar-refractivity contribution in [2.24, 2.45) is 5.41 Å². The third-order valence-electron chi connectivity index (χ3n) is 5.67. The predicted octanol–water partition coefficient (Wildman–Crippen LogP) is 1.98. The summed E-state index contributed by atoms with van der Waals surface area (Å²) in [7, 11) is 0. The largest absolute Gasteiger partial charge is 0.379 e. The molecule has 1 aliphatic carbocycles. The molecule has 0 unspecified atom stereocenters. The van der Waals surface area contributed by atoms with Gasteiger partial charge in [0.2, 0.25) is 11.8 Å². The predicted molar refractivity (Wildman–Crippen MR) is 106 cm³/mol. The topological polar surface area (TPSA) is 70.7 Å². The number of anilines is 1. The average Bonchev–Trinajstić information content (AvgIpc) is 3.51. The summed E-state index contributed by atoms with van der Waals surface area (Å²) < 4.78 is 5.34. The van der Waals surface area contributed by atoms with Gasteiger partial charge in [-0.3, -0.25) is 14.5 Å². The lowest BCUT2D eigenvalue weighted by atomic mass is 10.0. The molecule has 6 nitrogen and oxygen atoms in total. The average molecular weight is 373 g/mol. The van der Waals surface area contributed by atoms with E-state index in [1.807, 2.05) is 18.2 Å². The highest BCUT2D eigenvalue weighted by atomic mass is 16.5. The Morgan fingerprint density at radius 3 is 2.26 bits per heavy atom. The number of aryl methyl sites for hydroxylation is 2. The normalized spacial score (nSPS) is 18.7. The Hall–Kier alpha value is -1.92. The van der Waals surface area contributed by atoms with Crippen LogP contribution < -0.4 is 10.6 Å². The van der Waals surface area contributed by atoms with Gasteiger partial charge in [-0.15, -0.1) is 0 Å². The molecule has 2 amide bonds. The van der Waals surface area contributed by atoms with Gasteiger partial charge in [-0.2, -0.15) is 0 Å². The minimum atomic E-state index is -0.892. The number of nitrogens with zero attached hydrogens (tertiary/aromatic N) is 1. The fourth-order valence-electron chi connectivity index (χ4n) is 3.64. The summed E-state index contributed by atoms with van der Waals surface area (Å²) >= 11 is 0. The van der Waals surface area contributed by atoms with E-state index in [2.05, 4.69) is 29.4 Å². The van der Waals surface area contributed by atoms with E-state index in [4.69, 9.17) is 4.74 Å². The number of amides is 2. The van der Waals surface area contributed by atoms with Crippen molar-refractivity contribution in [1.29, 1.82) is 0 Å². The monoisotopic (exact) mass is 373 g/mol. The summed E-state index contributed by atoms with van der Waals surface area (Å²) in [5.74, 6) is -0.303. The summed E-state index contributed by atoms with van der Waals surface area (Å²) in [5.41, 5.74) is 2.23. The number of carbonyl (C=O) groups is 2. The molecule has 2 fully saturated rings. The molecular formula is C21H31N3O3. The first-order valence-corrected chi connectivity index (χ1v) is 10.1. The van der Waals surface area contributed by atoms with Crippen molar-refractivity contribution in [2.45, 2.75) is 39.5 Å². The van der Waals surface area contributed by atoms with E-state index in [1.54, 1.807) is 0 Å². The molecule has 1 heterocycles. The van der Waals surface area contributed by atoms with Crippen molar-refractivity contribution in [2.75, 3.05) is 44.7 Å². The van der Waals surface area contributed by atoms with Crippen LogP contribution in [0.4, 0.5) is 5.69 Å². The van der Waals surface area contributed by atoms with E-state index >= 15 is 0 Å². The van der Waals surface area contributed by atoms with Crippen LogP contribution in [0.25, 0.3) is 0 Å². The Morgan fingerprint density at radius 1 is 1.07 bits per heavy atom. The Labute approximate surface area is 161 Å². The summed E-state index contributed by atoms with van der Waals surface area (Å²) in [4.78, 5) is 27.9. The standard InChI is InChI=1S/C21H31N3O3/c1-3-16-6-5-7-17(4-2)18(16)23-20(26)21(8-9-21)19(25)22-10-11-24-12-14-27-15-13-24/h5-7H,3-4,8-15H2,1-2H3,(H,22,25)(H,23,26). The lowest BCUT2D eigenvalue weighted by Gasteiger charge is -2.26. The molecule has 148 valence electrons. The fourth-order valence-corrected chi connectivity index (χ4v) is 3.64. The van der Waals surface area contributed by atoms with Crippen LogP contribution in [-0.2, 0) is 27.2 Å². The van der Waals surface area contributed by atoms with E-state index in [9.17, 15) is 9.59 Å². The fraction of sp³-hybridized carbons (Fsp3) is 0.619. The molecule has 2 N–H and O–H groups in total. The molecule has 0 spiro atoms. The first-order chi connectivity index (χ1) is 13.1. The number of hydrogen-bond acceptors (Lipinski definition) is 4. The van der Waals surface area contributed by atoms with Gasteiger partial charge in [0.25, 0.3) is 0 Å². The SMILES string of the molecule is CCc1cccc(CC)c1NC(=O)C1(C(=O)NCCN2CCOCC2)CC1. The second kappa shape index (κ2) is 8.85. The van der Waals surface area contributed by atoms with E-state index in [1.165, 1.54) is 0 Å². The molecule has 0 bridgehead atoms. The Balaban J connectivity index is 1.58. The highest BCUT2D eigenvalue weighted by Crippen LogP contribution is 2.47. The molecule has 1 aliphatic heterocycles. The van der Waals surface area contributed by atoms with Crippen molar-refractivity contribution in [1.82, 2.24) is 10.2 Å². The second-order valence-corrected chi connectivity index (χ2v) is 7.40. The van der Waals surface area contributed by atoms with Crippen LogP contribution in [0.3, 0.4) is 0 Å². The van der Waals surface area contributed by atoms with Gasteiger partial charge in [-0.05, 0) is 36.8 Å². The third-order valence-corrected chi connectivity index (χ3v) is 5.67. The van der Waals surface area contributed by atoms with Gasteiger partial charge in [0.1, 0.15) is 5.41 Å². The van der Waals surface area contributed by atoms with Crippen molar-refractivity contribution >= 4 is 17.5 Å². The van der Waals surface area contributed by atoms with Crippen molar-refractivity contribution in [3.05, 3.63) is 29.3 Å². The number of ether oxygens (including phenoxy) is 1. The van der Waals surface area contributed by atoms with E-state index in [0.717, 1.165) is 62.5 Å². The number of morpholine rings is 1. The van der Waals surface area contributed by atoms with Crippen LogP contribution in [0.2, 0.25) is 0 Å². The molecule has 0 atom stereocenters. The molecule has 2 aliphatic rings. The van der Waals surface area contributed by atoms with E-state index in [0.29, 0.717) is 19.4 Å². The maximum Gasteiger partial charge on any atom is 0.240 e. The smallest absolute Gasteiger partial charge is 0.240 e. The molecule has 0 radical (unpaired) electrons. The molecule has 1 saturated heterocycles. The number of para-hydroxylation sites is 1. The maximum absolute atomic E-state index is 12.9. The van der Waals surface area contributed by atoms with E-state index in [-0.39, 0.29) is 11.8 Å². The molecule has 0 aromatic heterocycles. The van der Waals surface area contributed by atoms with Crippen LogP contribution in [0.5, 0.6) is 0 Å². The van der Waals surface area contributed by atoms with Crippen LogP contribution in [-0.4, -0.2) is 56.1 Å². The first kappa shape index (κ1) is 19.8. The molecule has 6 heteroatoms. The summed E-state index contributed by atoms with van der Waals surface area (Å²) in [5, 5.41) is 6.05. The summed E-state index contributed by atoms with van der Waals surface area (Å²) in [6.07, 6.45) is 2.94. The molecule has 3 rings (SSSR count). The van der Waals surface area contributed by atoms with Crippen LogP contribution in [0, 0.1) is 5.41 Å². The van der Waals surface area contributed by atoms with Gasteiger partial charge < -0.3 is 15.4 Å². The number of nitrogens with one attached hydrogen (secondary N) is 2. The maximum atomic E-state index is 12.9. The van der Waals surface area contributed by atoms with Gasteiger partial charge in [0, 0.05) is 31.9 Å². The van der Waals surface area contributed by atoms with Gasteiger partial charge >= 0.3 is 0 Å². The number of carbonyl (C=O) groups excluding carboxylic acids is 2. The Kier molecular flexibility index (Phi) is 6.50. The second-order valence-electron chi connectivity index (χ2n) is 7.40. The zero-order valence-corrected chi connectivity index (χ0v) is 16.5. The van der Waals surface area contributed by atoms with E-state index < -0.39 is 5.41 Å². The molecule has 27 heavy (non-hydrogen) atoms. The van der Waals surface area contributed by atoms with Crippen LogP contribution in [0.1, 0.15) is 37.8 Å². The quantitative estimate of drug-likeness (QED) is 0.684. The Bertz CT molecular complexity index is 657. The highest BCUT2D eigenvalue weighted by molar-refractivity contribution is 6.13. The lowest BCUT2D eigenvalue weighted by Crippen LogP contribution is -2.45. The number of hydrogen-bond donors (Lipinski definition) is 2. The van der Waals surface area contributed by atoms with Crippen molar-refractivity contribution in [3.8, 4) is 0 Å². The molecule has 1 saturated carbocycles. The van der Waals surface area contributed by atoms with Crippen molar-refractivity contribution < 1.29 is 14.3 Å². The summed E-state index contributed by atoms with van der Waals surface area (Å²) in [6.45, 7) is 8.81. The van der Waals surface area contributed by atoms with Gasteiger partial charge in [0.15, 0.2) is 0 Å². The molecular weight excluding hydrogens is 342 g/mol. The minimum absolute atomic E-state index is 0.139. The minimum Gasteiger partial charge on any atom is -0.379 e. The molecule has 1 aromatic carbocycles. The third kappa shape index (κ3) is 4.50. The van der Waals surface area contributed by atoms with Crippen LogP contribution >= 0.6 is 0 Å². The molecule has 1 aromatic rings. The van der Waals surface area contributed by atoms with Gasteiger partial charge in [-0.1, -0.05) is 32.0 Å². The van der Waals surface area contributed by atoms with Crippen LogP contribution in [0.15, 0.2) is 18.2 Å². The summed E-state index contributed by atoms with van der Waals surface area (Å²) in [6, 6.07) is 6.10. The van der Waals surface area contributed by atoms with Gasteiger partial charge in [0.05, 0.1) is 13.2 Å². The Morgan fingerprint density at radius 2 is 1.70 bits per heavy atom. The number of rotatable bonds is 8. The number of benzene rings is 1. The zero-order valence-electron chi connectivity index (χ0n) is 16.5. The lowest BCUT2D eigenvalue weighted by molar-refractivity contribution is -0.134. The zero-order chi connectivity index (χ0) is 19.3. The first-order valence-electron chi connectivity index (χ1n) is 10.1. The van der Waals surface area contributed by atoms with Crippen molar-refractivity contribution in [3.63, 3.8) is 0 Å². The van der Waals surface area contributed by atoms with Gasteiger partial charge in [-0.25, -0.2) is 0 Å². The highest BCUT2D eigenvalue weighted by Gasteiger charge is 2.56.